The minimum atomic E-state index is 0.631. The number of aromatic nitrogens is 1. The fourth-order valence-electron chi connectivity index (χ4n) is 1.67. The van der Waals surface area contributed by atoms with E-state index >= 15 is 0 Å². The van der Waals surface area contributed by atoms with Crippen LogP contribution in [0.2, 0.25) is 0 Å². The number of hydrogen-bond acceptors (Lipinski definition) is 4. The molecule has 1 atom stereocenters. The summed E-state index contributed by atoms with van der Waals surface area (Å²) in [6.45, 7) is 4.94. The van der Waals surface area contributed by atoms with Crippen LogP contribution in [0.1, 0.15) is 18.9 Å². The van der Waals surface area contributed by atoms with Gasteiger partial charge in [0.1, 0.15) is 0 Å². The molecule has 1 heterocycles. The van der Waals surface area contributed by atoms with Gasteiger partial charge in [-0.25, -0.2) is 0 Å². The third-order valence-corrected chi connectivity index (χ3v) is 2.82. The molecule has 0 amide bonds. The molecule has 4 heteroatoms. The lowest BCUT2D eigenvalue weighted by molar-refractivity contribution is 0.198. The highest BCUT2D eigenvalue weighted by molar-refractivity contribution is 5.44. The number of nitrogens with zero attached hydrogens (tertiary/aromatic N) is 1. The van der Waals surface area contributed by atoms with E-state index in [9.17, 15) is 0 Å². The molecule has 17 heavy (non-hydrogen) atoms. The monoisotopic (exact) mass is 237 g/mol. The van der Waals surface area contributed by atoms with Gasteiger partial charge in [-0.05, 0) is 36.9 Å². The Bertz CT molecular complexity index is 317. The number of methoxy groups -OCH3 is 1. The third-order valence-electron chi connectivity index (χ3n) is 2.82. The van der Waals surface area contributed by atoms with E-state index in [2.05, 4.69) is 17.2 Å². The molecule has 4 nitrogen and oxygen atoms in total. The van der Waals surface area contributed by atoms with Crippen LogP contribution in [0.25, 0.3) is 0 Å². The van der Waals surface area contributed by atoms with Crippen LogP contribution >= 0.6 is 0 Å². The number of aryl methyl sites for hydroxylation is 1. The van der Waals surface area contributed by atoms with Gasteiger partial charge in [0.15, 0.2) is 0 Å². The molecule has 1 aromatic heterocycles. The average Bonchev–Trinajstić information content (AvgIpc) is 2.34. The molecule has 1 aromatic rings. The lowest BCUT2D eigenvalue weighted by atomic mass is 10.0. The van der Waals surface area contributed by atoms with E-state index in [1.165, 1.54) is 0 Å². The summed E-state index contributed by atoms with van der Waals surface area (Å²) in [4.78, 5) is 4.10. The molecule has 0 aliphatic heterocycles. The number of rotatable bonds is 8. The summed E-state index contributed by atoms with van der Waals surface area (Å²) < 4.78 is 4.98. The van der Waals surface area contributed by atoms with Crippen LogP contribution in [0.15, 0.2) is 18.5 Å². The highest BCUT2D eigenvalue weighted by Crippen LogP contribution is 2.14. The van der Waals surface area contributed by atoms with Crippen molar-refractivity contribution in [3.05, 3.63) is 24.0 Å². The van der Waals surface area contributed by atoms with E-state index in [4.69, 9.17) is 10.5 Å². The van der Waals surface area contributed by atoms with E-state index in [0.717, 1.165) is 43.8 Å². The number of nitrogens with one attached hydrogen (secondary N) is 1. The Kier molecular flexibility index (Phi) is 6.58. The van der Waals surface area contributed by atoms with Gasteiger partial charge in [0.25, 0.3) is 0 Å². The number of pyridine rings is 1. The second-order valence-corrected chi connectivity index (χ2v) is 4.42. The zero-order valence-electron chi connectivity index (χ0n) is 10.8. The molecular formula is C13H23N3O. The third kappa shape index (κ3) is 5.65. The van der Waals surface area contributed by atoms with Gasteiger partial charge in [0, 0.05) is 31.7 Å². The highest BCUT2D eigenvalue weighted by Gasteiger charge is 2.04. The first-order valence-corrected chi connectivity index (χ1v) is 6.12. The fraction of sp³-hybridized carbons (Fsp3) is 0.615. The molecule has 0 spiro atoms. The van der Waals surface area contributed by atoms with Gasteiger partial charge in [0.05, 0.1) is 6.61 Å². The number of nitrogens with two attached hydrogens (primary N) is 1. The molecule has 0 fully saturated rings. The molecular weight excluding hydrogens is 214 g/mol. The van der Waals surface area contributed by atoms with Crippen LogP contribution in [0.5, 0.6) is 0 Å². The molecule has 0 aromatic carbocycles. The van der Waals surface area contributed by atoms with E-state index in [1.54, 1.807) is 13.3 Å². The molecule has 0 radical (unpaired) electrons. The highest BCUT2D eigenvalue weighted by atomic mass is 16.5. The normalized spacial score (nSPS) is 12.6. The predicted molar refractivity (Wildman–Crippen MR) is 70.9 cm³/mol. The maximum Gasteiger partial charge on any atom is 0.0587 e. The quantitative estimate of drug-likeness (QED) is 0.672. The van der Waals surface area contributed by atoms with Crippen LogP contribution in [0.4, 0.5) is 5.69 Å². The predicted octanol–water partition coefficient (Wildman–Crippen LogP) is 1.47. The summed E-state index contributed by atoms with van der Waals surface area (Å²) in [5, 5.41) is 3.37. The van der Waals surface area contributed by atoms with Crippen molar-refractivity contribution in [1.82, 2.24) is 10.3 Å². The van der Waals surface area contributed by atoms with Crippen molar-refractivity contribution in [2.75, 3.05) is 32.5 Å². The smallest absolute Gasteiger partial charge is 0.0587 e. The summed E-state index contributed by atoms with van der Waals surface area (Å²) in [5.74, 6) is 0.631. The SMILES string of the molecule is COCCNCC(C)CCc1cnccc1N. The van der Waals surface area contributed by atoms with E-state index in [0.29, 0.717) is 5.92 Å². The molecule has 0 aliphatic carbocycles. The van der Waals surface area contributed by atoms with Gasteiger partial charge in [-0.3, -0.25) is 4.98 Å². The minimum absolute atomic E-state index is 0.631. The van der Waals surface area contributed by atoms with Crippen molar-refractivity contribution in [3.8, 4) is 0 Å². The summed E-state index contributed by atoms with van der Waals surface area (Å²) >= 11 is 0. The first kappa shape index (κ1) is 13.9. The van der Waals surface area contributed by atoms with Gasteiger partial charge < -0.3 is 15.8 Å². The second kappa shape index (κ2) is 8.03. The van der Waals surface area contributed by atoms with Crippen molar-refractivity contribution in [2.24, 2.45) is 5.92 Å². The van der Waals surface area contributed by atoms with Crippen LogP contribution in [0.3, 0.4) is 0 Å². The van der Waals surface area contributed by atoms with Gasteiger partial charge in [0.2, 0.25) is 0 Å². The molecule has 96 valence electrons. The Labute approximate surface area is 104 Å². The van der Waals surface area contributed by atoms with Gasteiger partial charge in [-0.15, -0.1) is 0 Å². The van der Waals surface area contributed by atoms with Gasteiger partial charge >= 0.3 is 0 Å². The van der Waals surface area contributed by atoms with Gasteiger partial charge in [-0.2, -0.15) is 0 Å². The molecule has 0 aliphatic rings. The largest absolute Gasteiger partial charge is 0.398 e. The van der Waals surface area contributed by atoms with E-state index in [-0.39, 0.29) is 0 Å². The molecule has 0 saturated carbocycles. The van der Waals surface area contributed by atoms with Crippen molar-refractivity contribution in [2.45, 2.75) is 19.8 Å². The Balaban J connectivity index is 2.19. The topological polar surface area (TPSA) is 60.2 Å². The lowest BCUT2D eigenvalue weighted by Gasteiger charge is -2.13. The maximum atomic E-state index is 5.87. The van der Waals surface area contributed by atoms with Gasteiger partial charge in [-0.1, -0.05) is 6.92 Å². The Morgan fingerprint density at radius 2 is 2.35 bits per heavy atom. The van der Waals surface area contributed by atoms with Crippen LogP contribution in [-0.2, 0) is 11.2 Å². The van der Waals surface area contributed by atoms with Crippen molar-refractivity contribution >= 4 is 5.69 Å². The average molecular weight is 237 g/mol. The lowest BCUT2D eigenvalue weighted by Crippen LogP contribution is -2.25. The Hall–Kier alpha value is -1.13. The summed E-state index contributed by atoms with van der Waals surface area (Å²) in [5.41, 5.74) is 7.87. The zero-order valence-corrected chi connectivity index (χ0v) is 10.8. The van der Waals surface area contributed by atoms with E-state index < -0.39 is 0 Å². The molecule has 0 bridgehead atoms. The first-order chi connectivity index (χ1) is 8.24. The van der Waals surface area contributed by atoms with Crippen molar-refractivity contribution in [3.63, 3.8) is 0 Å². The van der Waals surface area contributed by atoms with Crippen LogP contribution in [-0.4, -0.2) is 31.8 Å². The van der Waals surface area contributed by atoms with Crippen LogP contribution in [0, 0.1) is 5.92 Å². The molecule has 1 unspecified atom stereocenters. The zero-order chi connectivity index (χ0) is 12.5. The summed E-state index contributed by atoms with van der Waals surface area (Å²) in [7, 11) is 1.72. The summed E-state index contributed by atoms with van der Waals surface area (Å²) in [6, 6.07) is 1.86. The summed E-state index contributed by atoms with van der Waals surface area (Å²) in [6.07, 6.45) is 5.71. The Morgan fingerprint density at radius 3 is 3.06 bits per heavy atom. The molecule has 3 N–H and O–H groups in total. The number of nitrogen functional groups attached to an aromatic ring is 1. The number of anilines is 1. The fourth-order valence-corrected chi connectivity index (χ4v) is 1.67. The van der Waals surface area contributed by atoms with Crippen molar-refractivity contribution < 1.29 is 4.74 Å². The first-order valence-electron chi connectivity index (χ1n) is 6.12. The van der Waals surface area contributed by atoms with E-state index in [1.807, 2.05) is 12.3 Å². The Morgan fingerprint density at radius 1 is 1.53 bits per heavy atom. The van der Waals surface area contributed by atoms with Crippen molar-refractivity contribution in [1.29, 1.82) is 0 Å². The number of hydrogen-bond donors (Lipinski definition) is 2. The molecule has 0 saturated heterocycles. The van der Waals surface area contributed by atoms with Crippen LogP contribution < -0.4 is 11.1 Å². The maximum absolute atomic E-state index is 5.87. The standard InChI is InChI=1S/C13H23N3O/c1-11(9-16-7-8-17-2)3-4-12-10-15-6-5-13(12)14/h5-6,10-11,16H,3-4,7-9H2,1-2H3,(H2,14,15). The second-order valence-electron chi connectivity index (χ2n) is 4.42. The number of ether oxygens (including phenoxy) is 1. The molecule has 1 rings (SSSR count). The minimum Gasteiger partial charge on any atom is -0.398 e.